The fourth-order valence-electron chi connectivity index (χ4n) is 3.26. The molecule has 1 aliphatic carbocycles. The molecule has 1 aromatic rings. The second kappa shape index (κ2) is 8.71. The van der Waals surface area contributed by atoms with Crippen LogP contribution >= 0.6 is 24.8 Å². The number of carbonyl (C=O) groups excluding carboxylic acids is 1. The number of pyridine rings is 1. The van der Waals surface area contributed by atoms with E-state index in [1.54, 1.807) is 6.20 Å². The minimum Gasteiger partial charge on any atom is -0.357 e. The molecular weight excluding hydrogens is 335 g/mol. The van der Waals surface area contributed by atoms with Gasteiger partial charge in [-0.3, -0.25) is 4.79 Å². The van der Waals surface area contributed by atoms with Crippen molar-refractivity contribution in [2.24, 2.45) is 5.73 Å². The molecule has 1 saturated carbocycles. The second-order valence-electron chi connectivity index (χ2n) is 6.27. The van der Waals surface area contributed by atoms with E-state index in [1.165, 1.54) is 19.3 Å². The lowest BCUT2D eigenvalue weighted by Gasteiger charge is -2.31. The Bertz CT molecular complexity index is 497. The third kappa shape index (κ3) is 4.72. The maximum absolute atomic E-state index is 12.4. The summed E-state index contributed by atoms with van der Waals surface area (Å²) in [6, 6.07) is 3.90. The number of amides is 1. The Balaban J connectivity index is 0.00000132. The average Bonchev–Trinajstić information content (AvgIpc) is 3.03. The van der Waals surface area contributed by atoms with E-state index in [-0.39, 0.29) is 30.7 Å². The van der Waals surface area contributed by atoms with Crippen LogP contribution in [0.2, 0.25) is 0 Å². The molecule has 23 heavy (non-hydrogen) atoms. The van der Waals surface area contributed by atoms with E-state index in [0.717, 1.165) is 50.3 Å². The van der Waals surface area contributed by atoms with Crippen LogP contribution in [0.15, 0.2) is 18.3 Å². The molecular formula is C16H26Cl2N4O. The zero-order valence-corrected chi connectivity index (χ0v) is 14.9. The molecule has 2 fully saturated rings. The highest BCUT2D eigenvalue weighted by molar-refractivity contribution is 5.97. The van der Waals surface area contributed by atoms with Gasteiger partial charge in [0.15, 0.2) is 0 Å². The number of halogens is 2. The summed E-state index contributed by atoms with van der Waals surface area (Å²) in [5.41, 5.74) is 6.27. The molecule has 0 unspecified atom stereocenters. The number of hydrogen-bond donors (Lipinski definition) is 2. The highest BCUT2D eigenvalue weighted by Gasteiger charge is 2.35. The lowest BCUT2D eigenvalue weighted by atomic mass is 9.82. The first-order valence-electron chi connectivity index (χ1n) is 7.99. The number of hydrogen-bond acceptors (Lipinski definition) is 4. The van der Waals surface area contributed by atoms with Crippen molar-refractivity contribution >= 4 is 42.2 Å². The van der Waals surface area contributed by atoms with E-state index in [4.69, 9.17) is 5.73 Å². The molecule has 3 N–H and O–H groups in total. The van der Waals surface area contributed by atoms with Gasteiger partial charge in [0.2, 0.25) is 5.91 Å². The number of anilines is 2. The molecule has 2 aliphatic rings. The fourth-order valence-corrected chi connectivity index (χ4v) is 3.26. The summed E-state index contributed by atoms with van der Waals surface area (Å²) >= 11 is 0. The first-order chi connectivity index (χ1) is 10.2. The minimum atomic E-state index is -0.703. The number of rotatable bonds is 3. The Morgan fingerprint density at radius 3 is 2.30 bits per heavy atom. The van der Waals surface area contributed by atoms with Crippen LogP contribution in [0, 0.1) is 0 Å². The van der Waals surface area contributed by atoms with Crippen LogP contribution in [0.3, 0.4) is 0 Å². The lowest BCUT2D eigenvalue weighted by Crippen LogP contribution is -2.52. The molecule has 1 aliphatic heterocycles. The molecule has 0 radical (unpaired) electrons. The van der Waals surface area contributed by atoms with Gasteiger partial charge in [0, 0.05) is 13.1 Å². The molecule has 130 valence electrons. The maximum atomic E-state index is 12.4. The first kappa shape index (κ1) is 20.0. The zero-order chi connectivity index (χ0) is 14.7. The quantitative estimate of drug-likeness (QED) is 0.868. The smallest absolute Gasteiger partial charge is 0.244 e. The van der Waals surface area contributed by atoms with Gasteiger partial charge in [0.05, 0.1) is 17.4 Å². The van der Waals surface area contributed by atoms with Crippen LogP contribution in [0.5, 0.6) is 0 Å². The maximum Gasteiger partial charge on any atom is 0.244 e. The van der Waals surface area contributed by atoms with E-state index in [2.05, 4.69) is 15.2 Å². The summed E-state index contributed by atoms with van der Waals surface area (Å²) in [6.07, 6.45) is 9.00. The number of nitrogens with zero attached hydrogens (tertiary/aromatic N) is 2. The summed E-state index contributed by atoms with van der Waals surface area (Å²) in [7, 11) is 0. The van der Waals surface area contributed by atoms with Crippen molar-refractivity contribution in [3.63, 3.8) is 0 Å². The highest BCUT2D eigenvalue weighted by Crippen LogP contribution is 2.27. The summed E-state index contributed by atoms with van der Waals surface area (Å²) in [5.74, 6) is 0.920. The van der Waals surface area contributed by atoms with Gasteiger partial charge in [-0.05, 0) is 37.8 Å². The Kier molecular flexibility index (Phi) is 7.58. The Morgan fingerprint density at radius 2 is 1.74 bits per heavy atom. The van der Waals surface area contributed by atoms with Gasteiger partial charge in [-0.2, -0.15) is 0 Å². The first-order valence-corrected chi connectivity index (χ1v) is 7.99. The molecule has 0 atom stereocenters. The standard InChI is InChI=1S/C16H24N4O.2ClH/c17-16(8-2-1-3-9-16)15(21)19-13-6-7-14(18-12-13)20-10-4-5-11-20;;/h6-7,12H,1-5,8-11,17H2,(H,19,21);2*1H. The number of nitrogens with two attached hydrogens (primary N) is 1. The van der Waals surface area contributed by atoms with Crippen LogP contribution < -0.4 is 16.0 Å². The Morgan fingerprint density at radius 1 is 1.09 bits per heavy atom. The average molecular weight is 361 g/mol. The monoisotopic (exact) mass is 360 g/mol. The van der Waals surface area contributed by atoms with Gasteiger partial charge in [-0.25, -0.2) is 4.98 Å². The van der Waals surface area contributed by atoms with Gasteiger partial charge in [-0.1, -0.05) is 19.3 Å². The predicted molar refractivity (Wildman–Crippen MR) is 98.8 cm³/mol. The van der Waals surface area contributed by atoms with Crippen molar-refractivity contribution in [1.82, 2.24) is 4.98 Å². The number of aromatic nitrogens is 1. The minimum absolute atomic E-state index is 0. The van der Waals surface area contributed by atoms with Gasteiger partial charge in [-0.15, -0.1) is 24.8 Å². The molecule has 1 saturated heterocycles. The largest absolute Gasteiger partial charge is 0.357 e. The van der Waals surface area contributed by atoms with Gasteiger partial charge in [0.1, 0.15) is 5.82 Å². The third-order valence-electron chi connectivity index (χ3n) is 4.63. The molecule has 0 spiro atoms. The van der Waals surface area contributed by atoms with Gasteiger partial charge < -0.3 is 16.0 Å². The van der Waals surface area contributed by atoms with E-state index in [1.807, 2.05) is 12.1 Å². The summed E-state index contributed by atoms with van der Waals surface area (Å²) < 4.78 is 0. The second-order valence-corrected chi connectivity index (χ2v) is 6.27. The van der Waals surface area contributed by atoms with Crippen molar-refractivity contribution in [2.45, 2.75) is 50.5 Å². The zero-order valence-electron chi connectivity index (χ0n) is 13.3. The molecule has 0 aromatic carbocycles. The van der Waals surface area contributed by atoms with E-state index in [9.17, 15) is 4.79 Å². The van der Waals surface area contributed by atoms with Crippen LogP contribution in [-0.2, 0) is 4.79 Å². The van der Waals surface area contributed by atoms with Gasteiger partial charge >= 0.3 is 0 Å². The van der Waals surface area contributed by atoms with E-state index >= 15 is 0 Å². The highest BCUT2D eigenvalue weighted by atomic mass is 35.5. The summed E-state index contributed by atoms with van der Waals surface area (Å²) in [4.78, 5) is 19.1. The van der Waals surface area contributed by atoms with E-state index in [0.29, 0.717) is 0 Å². The summed E-state index contributed by atoms with van der Waals surface area (Å²) in [5, 5.41) is 2.92. The number of nitrogens with one attached hydrogen (secondary N) is 1. The third-order valence-corrected chi connectivity index (χ3v) is 4.63. The van der Waals surface area contributed by atoms with Crippen LogP contribution in [-0.4, -0.2) is 29.5 Å². The molecule has 1 amide bonds. The molecule has 7 heteroatoms. The van der Waals surface area contributed by atoms with Crippen molar-refractivity contribution in [3.8, 4) is 0 Å². The van der Waals surface area contributed by atoms with Crippen LogP contribution in [0.4, 0.5) is 11.5 Å². The molecule has 1 aromatic heterocycles. The Hall–Kier alpha value is -1.04. The predicted octanol–water partition coefficient (Wildman–Crippen LogP) is 3.13. The Labute approximate surface area is 150 Å². The van der Waals surface area contributed by atoms with Crippen LogP contribution in [0.1, 0.15) is 44.9 Å². The van der Waals surface area contributed by atoms with E-state index < -0.39 is 5.54 Å². The van der Waals surface area contributed by atoms with Crippen molar-refractivity contribution in [3.05, 3.63) is 18.3 Å². The van der Waals surface area contributed by atoms with Crippen molar-refractivity contribution in [1.29, 1.82) is 0 Å². The molecule has 3 rings (SSSR count). The topological polar surface area (TPSA) is 71.2 Å². The van der Waals surface area contributed by atoms with Gasteiger partial charge in [0.25, 0.3) is 0 Å². The lowest BCUT2D eigenvalue weighted by molar-refractivity contribution is -0.122. The normalized spacial score (nSPS) is 19.4. The number of carbonyl (C=O) groups is 1. The van der Waals surface area contributed by atoms with Crippen LogP contribution in [0.25, 0.3) is 0 Å². The molecule has 2 heterocycles. The van der Waals surface area contributed by atoms with Crippen molar-refractivity contribution < 1.29 is 4.79 Å². The molecule has 0 bridgehead atoms. The SMILES string of the molecule is Cl.Cl.NC1(C(=O)Nc2ccc(N3CCCC3)nc2)CCCCC1. The summed E-state index contributed by atoms with van der Waals surface area (Å²) in [6.45, 7) is 2.15. The van der Waals surface area contributed by atoms with Crippen molar-refractivity contribution in [2.75, 3.05) is 23.3 Å². The molecule has 5 nitrogen and oxygen atoms in total. The fraction of sp³-hybridized carbons (Fsp3) is 0.625.